The van der Waals surface area contributed by atoms with Crippen LogP contribution in [0.2, 0.25) is 0 Å². The van der Waals surface area contributed by atoms with Crippen LogP contribution in [-0.2, 0) is 9.53 Å². The number of carbonyl (C=O) groups is 1. The van der Waals surface area contributed by atoms with E-state index < -0.39 is 6.04 Å². The molecule has 0 saturated carbocycles. The van der Waals surface area contributed by atoms with Crippen LogP contribution < -0.4 is 5.32 Å². The van der Waals surface area contributed by atoms with Crippen molar-refractivity contribution in [1.29, 1.82) is 0 Å². The number of hydrogen-bond donors (Lipinski definition) is 1. The molecule has 1 N–H and O–H groups in total. The van der Waals surface area contributed by atoms with E-state index in [9.17, 15) is 4.79 Å². The van der Waals surface area contributed by atoms with E-state index >= 15 is 0 Å². The summed E-state index contributed by atoms with van der Waals surface area (Å²) in [5.74, 6) is -0.307. The first-order valence-corrected chi connectivity index (χ1v) is 7.14. The first-order chi connectivity index (χ1) is 9.69. The van der Waals surface area contributed by atoms with Crippen molar-refractivity contribution in [2.24, 2.45) is 5.11 Å². The molecule has 0 aromatic heterocycles. The molecule has 0 aliphatic carbocycles. The predicted molar refractivity (Wildman–Crippen MR) is 80.1 cm³/mol. The third kappa shape index (κ3) is 5.61. The van der Waals surface area contributed by atoms with Crippen molar-refractivity contribution in [2.45, 2.75) is 19.4 Å². The molecule has 0 amide bonds. The minimum absolute atomic E-state index is 0.307. The maximum atomic E-state index is 12.0. The molecule has 0 heterocycles. The lowest BCUT2D eigenvalue weighted by Crippen LogP contribution is -2.31. The SMILES string of the molecule is CCOC(=O)C(NCCCN=[N+]=[N-])c1ccc(Br)cc1. The average molecular weight is 341 g/mol. The Balaban J connectivity index is 2.67. The summed E-state index contributed by atoms with van der Waals surface area (Å²) < 4.78 is 6.02. The summed E-state index contributed by atoms with van der Waals surface area (Å²) in [6.07, 6.45) is 0.663. The fraction of sp³-hybridized carbons (Fsp3) is 0.462. The Morgan fingerprint density at radius 2 is 2.20 bits per heavy atom. The predicted octanol–water partition coefficient (Wildman–Crippen LogP) is 3.34. The number of nitrogens with zero attached hydrogens (tertiary/aromatic N) is 3. The van der Waals surface area contributed by atoms with Crippen molar-refractivity contribution in [3.8, 4) is 0 Å². The Morgan fingerprint density at radius 1 is 1.50 bits per heavy atom. The third-order valence-corrected chi connectivity index (χ3v) is 3.10. The van der Waals surface area contributed by atoms with Crippen LogP contribution >= 0.6 is 15.9 Å². The van der Waals surface area contributed by atoms with Gasteiger partial charge in [-0.2, -0.15) is 0 Å². The molecule has 0 spiro atoms. The van der Waals surface area contributed by atoms with Gasteiger partial charge in [0.1, 0.15) is 6.04 Å². The number of esters is 1. The Bertz CT molecular complexity index is 472. The topological polar surface area (TPSA) is 87.1 Å². The standard InChI is InChI=1S/C13H17BrN4O2/c1-2-20-13(19)12(16-8-3-9-17-18-15)10-4-6-11(14)7-5-10/h4-7,12,16H,2-3,8-9H2,1H3. The van der Waals surface area contributed by atoms with Crippen LogP contribution in [0.3, 0.4) is 0 Å². The largest absolute Gasteiger partial charge is 0.465 e. The van der Waals surface area contributed by atoms with E-state index in [1.54, 1.807) is 6.92 Å². The zero-order valence-corrected chi connectivity index (χ0v) is 12.8. The highest BCUT2D eigenvalue weighted by Gasteiger charge is 2.20. The van der Waals surface area contributed by atoms with Crippen molar-refractivity contribution in [3.05, 3.63) is 44.7 Å². The molecule has 1 unspecified atom stereocenters. The second-order valence-electron chi connectivity index (χ2n) is 4.00. The van der Waals surface area contributed by atoms with Gasteiger partial charge in [0.05, 0.1) is 6.61 Å². The minimum Gasteiger partial charge on any atom is -0.465 e. The van der Waals surface area contributed by atoms with Crippen molar-refractivity contribution >= 4 is 21.9 Å². The van der Waals surface area contributed by atoms with Crippen LogP contribution in [0.4, 0.5) is 0 Å². The number of carbonyl (C=O) groups excluding carboxylic acids is 1. The van der Waals surface area contributed by atoms with Crippen molar-refractivity contribution in [2.75, 3.05) is 19.7 Å². The van der Waals surface area contributed by atoms with Gasteiger partial charge in [0, 0.05) is 15.9 Å². The quantitative estimate of drug-likeness (QED) is 0.259. The molecule has 0 fully saturated rings. The number of nitrogens with one attached hydrogen (secondary N) is 1. The van der Waals surface area contributed by atoms with Gasteiger partial charge >= 0.3 is 5.97 Å². The normalized spacial score (nSPS) is 11.5. The molecule has 0 radical (unpaired) electrons. The lowest BCUT2D eigenvalue weighted by molar-refractivity contribution is -0.145. The summed E-state index contributed by atoms with van der Waals surface area (Å²) in [6.45, 7) is 3.09. The van der Waals surface area contributed by atoms with Crippen molar-refractivity contribution in [1.82, 2.24) is 5.32 Å². The highest BCUT2D eigenvalue weighted by Crippen LogP contribution is 2.18. The van der Waals surface area contributed by atoms with Crippen LogP contribution in [-0.4, -0.2) is 25.7 Å². The second-order valence-corrected chi connectivity index (χ2v) is 4.91. The lowest BCUT2D eigenvalue weighted by Gasteiger charge is -2.17. The van der Waals surface area contributed by atoms with Gasteiger partial charge in [-0.05, 0) is 43.1 Å². The van der Waals surface area contributed by atoms with Gasteiger partial charge < -0.3 is 10.1 Å². The number of benzene rings is 1. The van der Waals surface area contributed by atoms with Crippen LogP contribution in [0.1, 0.15) is 24.9 Å². The first kappa shape index (κ1) is 16.5. The maximum absolute atomic E-state index is 12.0. The van der Waals surface area contributed by atoms with E-state index in [4.69, 9.17) is 10.3 Å². The van der Waals surface area contributed by atoms with Gasteiger partial charge in [-0.15, -0.1) is 0 Å². The van der Waals surface area contributed by atoms with Gasteiger partial charge in [-0.25, -0.2) is 4.79 Å². The number of hydrogen-bond acceptors (Lipinski definition) is 4. The van der Waals surface area contributed by atoms with E-state index in [-0.39, 0.29) is 5.97 Å². The fourth-order valence-corrected chi connectivity index (χ4v) is 1.92. The summed E-state index contributed by atoms with van der Waals surface area (Å²) in [6, 6.07) is 6.99. The summed E-state index contributed by atoms with van der Waals surface area (Å²) in [5, 5.41) is 6.58. The molecule has 7 heteroatoms. The number of halogens is 1. The van der Waals surface area contributed by atoms with Crippen LogP contribution in [0.25, 0.3) is 10.4 Å². The van der Waals surface area contributed by atoms with E-state index in [1.807, 2.05) is 24.3 Å². The molecule has 6 nitrogen and oxygen atoms in total. The molecule has 108 valence electrons. The molecule has 0 bridgehead atoms. The molecule has 1 atom stereocenters. The molecule has 1 aromatic rings. The third-order valence-electron chi connectivity index (χ3n) is 2.57. The van der Waals surface area contributed by atoms with Crippen molar-refractivity contribution in [3.63, 3.8) is 0 Å². The average Bonchev–Trinajstić information content (AvgIpc) is 2.44. The molecule has 20 heavy (non-hydrogen) atoms. The summed E-state index contributed by atoms with van der Waals surface area (Å²) in [5.41, 5.74) is 9.04. The van der Waals surface area contributed by atoms with Crippen molar-refractivity contribution < 1.29 is 9.53 Å². The smallest absolute Gasteiger partial charge is 0.327 e. The fourth-order valence-electron chi connectivity index (χ4n) is 1.66. The molecule has 0 aliphatic rings. The Hall–Kier alpha value is -1.56. The van der Waals surface area contributed by atoms with Gasteiger partial charge in [0.15, 0.2) is 0 Å². The molecule has 1 aromatic carbocycles. The zero-order chi connectivity index (χ0) is 14.8. The number of azide groups is 1. The summed E-state index contributed by atoms with van der Waals surface area (Å²) >= 11 is 3.36. The van der Waals surface area contributed by atoms with Gasteiger partial charge in [-0.1, -0.05) is 33.2 Å². The number of ether oxygens (including phenoxy) is 1. The lowest BCUT2D eigenvalue weighted by atomic mass is 10.1. The van der Waals surface area contributed by atoms with E-state index in [0.717, 1.165) is 10.0 Å². The molecule has 1 rings (SSSR count). The summed E-state index contributed by atoms with van der Waals surface area (Å²) in [4.78, 5) is 14.7. The van der Waals surface area contributed by atoms with Crippen LogP contribution in [0, 0.1) is 0 Å². The first-order valence-electron chi connectivity index (χ1n) is 6.35. The minimum atomic E-state index is -0.505. The summed E-state index contributed by atoms with van der Waals surface area (Å²) in [7, 11) is 0. The van der Waals surface area contributed by atoms with Gasteiger partial charge in [-0.3, -0.25) is 0 Å². The Labute approximate surface area is 126 Å². The maximum Gasteiger partial charge on any atom is 0.327 e. The highest BCUT2D eigenvalue weighted by atomic mass is 79.9. The molecule has 0 saturated heterocycles. The monoisotopic (exact) mass is 340 g/mol. The molecular formula is C13H17BrN4O2. The van der Waals surface area contributed by atoms with E-state index in [2.05, 4.69) is 31.3 Å². The van der Waals surface area contributed by atoms with Gasteiger partial charge in [0.2, 0.25) is 0 Å². The number of rotatable bonds is 8. The molecular weight excluding hydrogens is 324 g/mol. The van der Waals surface area contributed by atoms with Crippen LogP contribution in [0.5, 0.6) is 0 Å². The van der Waals surface area contributed by atoms with Crippen LogP contribution in [0.15, 0.2) is 33.9 Å². The molecule has 0 aliphatic heterocycles. The van der Waals surface area contributed by atoms with E-state index in [1.165, 1.54) is 0 Å². The Kier molecular flexibility index (Phi) is 7.72. The Morgan fingerprint density at radius 3 is 2.80 bits per heavy atom. The zero-order valence-electron chi connectivity index (χ0n) is 11.3. The highest BCUT2D eigenvalue weighted by molar-refractivity contribution is 9.10. The second kappa shape index (κ2) is 9.36. The van der Waals surface area contributed by atoms with Gasteiger partial charge in [0.25, 0.3) is 0 Å². The van der Waals surface area contributed by atoms with E-state index in [0.29, 0.717) is 26.1 Å².